The summed E-state index contributed by atoms with van der Waals surface area (Å²) >= 11 is 5.81. The van der Waals surface area contributed by atoms with Gasteiger partial charge in [-0.2, -0.15) is 0 Å². The quantitative estimate of drug-likeness (QED) is 0.719. The van der Waals surface area contributed by atoms with Gasteiger partial charge in [0.15, 0.2) is 0 Å². The molecule has 1 aromatic carbocycles. The van der Waals surface area contributed by atoms with Crippen molar-refractivity contribution in [3.63, 3.8) is 0 Å². The summed E-state index contributed by atoms with van der Waals surface area (Å²) in [6.45, 7) is 4.41. The Balaban J connectivity index is 2.11. The average Bonchev–Trinajstić information content (AvgIpc) is 2.39. The molecule has 0 bridgehead atoms. The highest BCUT2D eigenvalue weighted by Crippen LogP contribution is 2.25. The first kappa shape index (κ1) is 12.9. The summed E-state index contributed by atoms with van der Waals surface area (Å²) in [5.41, 5.74) is 1.33. The van der Waals surface area contributed by atoms with Gasteiger partial charge in [-0.05, 0) is 36.1 Å². The molecule has 2 rings (SSSR count). The molecule has 0 aliphatic rings. The normalized spacial score (nSPS) is 12.2. The molecule has 0 amide bonds. The molecular formula is C15H16ClNO. The second kappa shape index (κ2) is 5.87. The molecule has 0 aliphatic carbocycles. The molecule has 1 heterocycles. The Labute approximate surface area is 113 Å². The Hall–Kier alpha value is -1.54. The van der Waals surface area contributed by atoms with Gasteiger partial charge in [0.25, 0.3) is 0 Å². The van der Waals surface area contributed by atoms with E-state index in [0.29, 0.717) is 16.8 Å². The molecule has 0 N–H and O–H groups in total. The zero-order valence-electron chi connectivity index (χ0n) is 10.6. The topological polar surface area (TPSA) is 22.1 Å². The lowest BCUT2D eigenvalue weighted by molar-refractivity contribution is 0.481. The smallest absolute Gasteiger partial charge is 0.132 e. The lowest BCUT2D eigenvalue weighted by atomic mass is 9.99. The first-order valence-corrected chi connectivity index (χ1v) is 6.46. The van der Waals surface area contributed by atoms with E-state index in [1.165, 1.54) is 5.56 Å². The highest BCUT2D eigenvalue weighted by atomic mass is 35.5. The summed E-state index contributed by atoms with van der Waals surface area (Å²) in [6, 6.07) is 11.7. The second-order valence-electron chi connectivity index (χ2n) is 4.29. The maximum Gasteiger partial charge on any atom is 0.132 e. The maximum absolute atomic E-state index is 5.81. The van der Waals surface area contributed by atoms with Gasteiger partial charge in [-0.1, -0.05) is 37.6 Å². The zero-order chi connectivity index (χ0) is 13.0. The van der Waals surface area contributed by atoms with Crippen LogP contribution in [0.3, 0.4) is 0 Å². The molecule has 0 fully saturated rings. The third kappa shape index (κ3) is 3.23. The minimum atomic E-state index is 0.434. The molecule has 1 unspecified atom stereocenters. The minimum Gasteiger partial charge on any atom is -0.457 e. The Bertz CT molecular complexity index is 510. The Kier molecular flexibility index (Phi) is 4.21. The van der Waals surface area contributed by atoms with Crippen LogP contribution in [0.1, 0.15) is 31.7 Å². The number of halogens is 1. The van der Waals surface area contributed by atoms with Crippen molar-refractivity contribution in [2.24, 2.45) is 0 Å². The maximum atomic E-state index is 5.81. The van der Waals surface area contributed by atoms with E-state index in [0.717, 1.165) is 12.2 Å². The van der Waals surface area contributed by atoms with Gasteiger partial charge in [-0.15, -0.1) is 0 Å². The first-order valence-electron chi connectivity index (χ1n) is 6.08. The van der Waals surface area contributed by atoms with Crippen molar-refractivity contribution in [2.75, 3.05) is 0 Å². The molecule has 0 spiro atoms. The lowest BCUT2D eigenvalue weighted by Crippen LogP contribution is -1.91. The number of nitrogens with zero attached hydrogens (tertiary/aromatic N) is 1. The van der Waals surface area contributed by atoms with Gasteiger partial charge < -0.3 is 4.74 Å². The van der Waals surface area contributed by atoms with Gasteiger partial charge in [0.05, 0.1) is 0 Å². The number of hydrogen-bond acceptors (Lipinski definition) is 2. The van der Waals surface area contributed by atoms with E-state index in [2.05, 4.69) is 31.0 Å². The number of hydrogen-bond donors (Lipinski definition) is 0. The van der Waals surface area contributed by atoms with E-state index in [1.807, 2.05) is 12.1 Å². The zero-order valence-corrected chi connectivity index (χ0v) is 11.3. The molecular weight excluding hydrogens is 246 g/mol. The van der Waals surface area contributed by atoms with Crippen molar-refractivity contribution < 1.29 is 4.74 Å². The summed E-state index contributed by atoms with van der Waals surface area (Å²) in [5.74, 6) is 2.09. The Morgan fingerprint density at radius 3 is 2.50 bits per heavy atom. The van der Waals surface area contributed by atoms with Crippen LogP contribution in [0.4, 0.5) is 0 Å². The summed E-state index contributed by atoms with van der Waals surface area (Å²) in [6.07, 6.45) is 2.77. The van der Waals surface area contributed by atoms with Gasteiger partial charge >= 0.3 is 0 Å². The van der Waals surface area contributed by atoms with Crippen molar-refractivity contribution >= 4 is 11.6 Å². The van der Waals surface area contributed by atoms with E-state index >= 15 is 0 Å². The van der Waals surface area contributed by atoms with Crippen LogP contribution in [-0.2, 0) is 0 Å². The van der Waals surface area contributed by atoms with Crippen molar-refractivity contribution in [3.05, 3.63) is 53.3 Å². The van der Waals surface area contributed by atoms with Crippen LogP contribution in [0.25, 0.3) is 0 Å². The summed E-state index contributed by atoms with van der Waals surface area (Å²) < 4.78 is 5.70. The lowest BCUT2D eigenvalue weighted by Gasteiger charge is -2.10. The fraction of sp³-hybridized carbons (Fsp3) is 0.267. The Morgan fingerprint density at radius 2 is 1.89 bits per heavy atom. The second-order valence-corrected chi connectivity index (χ2v) is 4.68. The van der Waals surface area contributed by atoms with Gasteiger partial charge in [-0.25, -0.2) is 4.98 Å². The first-order chi connectivity index (χ1) is 8.69. The predicted molar refractivity (Wildman–Crippen MR) is 74.5 cm³/mol. The summed E-state index contributed by atoms with van der Waals surface area (Å²) in [4.78, 5) is 3.92. The predicted octanol–water partition coefficient (Wildman–Crippen LogP) is 5.04. The highest BCUT2D eigenvalue weighted by molar-refractivity contribution is 6.29. The van der Waals surface area contributed by atoms with Gasteiger partial charge in [0.1, 0.15) is 16.7 Å². The van der Waals surface area contributed by atoms with Gasteiger partial charge in [-0.3, -0.25) is 0 Å². The molecule has 1 atom stereocenters. The van der Waals surface area contributed by atoms with Crippen LogP contribution in [0, 0.1) is 0 Å². The van der Waals surface area contributed by atoms with E-state index in [-0.39, 0.29) is 0 Å². The minimum absolute atomic E-state index is 0.434. The van der Waals surface area contributed by atoms with Crippen molar-refractivity contribution in [1.29, 1.82) is 0 Å². The molecule has 0 saturated carbocycles. The van der Waals surface area contributed by atoms with Crippen LogP contribution in [0.15, 0.2) is 42.6 Å². The molecule has 94 valence electrons. The fourth-order valence-corrected chi connectivity index (χ4v) is 1.85. The van der Waals surface area contributed by atoms with E-state index in [1.54, 1.807) is 18.3 Å². The van der Waals surface area contributed by atoms with Gasteiger partial charge in [0, 0.05) is 12.3 Å². The Morgan fingerprint density at radius 1 is 1.17 bits per heavy atom. The molecule has 3 heteroatoms. The molecule has 0 radical (unpaired) electrons. The van der Waals surface area contributed by atoms with Gasteiger partial charge in [0.2, 0.25) is 0 Å². The molecule has 0 saturated heterocycles. The molecule has 0 aliphatic heterocycles. The van der Waals surface area contributed by atoms with Crippen LogP contribution in [-0.4, -0.2) is 4.98 Å². The highest BCUT2D eigenvalue weighted by Gasteiger charge is 2.03. The number of aromatic nitrogens is 1. The average molecular weight is 262 g/mol. The van der Waals surface area contributed by atoms with Crippen LogP contribution < -0.4 is 4.74 Å². The van der Waals surface area contributed by atoms with Crippen molar-refractivity contribution in [1.82, 2.24) is 4.98 Å². The van der Waals surface area contributed by atoms with E-state index in [9.17, 15) is 0 Å². The fourth-order valence-electron chi connectivity index (χ4n) is 1.68. The monoisotopic (exact) mass is 261 g/mol. The number of pyridine rings is 1. The van der Waals surface area contributed by atoms with Crippen LogP contribution >= 0.6 is 11.6 Å². The largest absolute Gasteiger partial charge is 0.457 e. The number of benzene rings is 1. The molecule has 1 aromatic heterocycles. The molecule has 18 heavy (non-hydrogen) atoms. The van der Waals surface area contributed by atoms with Crippen LogP contribution in [0.2, 0.25) is 5.15 Å². The number of ether oxygens (including phenoxy) is 1. The van der Waals surface area contributed by atoms with Crippen molar-refractivity contribution in [2.45, 2.75) is 26.2 Å². The third-order valence-corrected chi connectivity index (χ3v) is 3.20. The third-order valence-electron chi connectivity index (χ3n) is 3.00. The van der Waals surface area contributed by atoms with Crippen LogP contribution in [0.5, 0.6) is 11.5 Å². The standard InChI is InChI=1S/C15H16ClNO/c1-3-11(2)12-4-6-13(7-5-12)18-14-8-9-17-15(16)10-14/h4-11H,3H2,1-2H3. The van der Waals surface area contributed by atoms with E-state index in [4.69, 9.17) is 16.3 Å². The SMILES string of the molecule is CCC(C)c1ccc(Oc2ccnc(Cl)c2)cc1. The van der Waals surface area contributed by atoms with E-state index < -0.39 is 0 Å². The summed E-state index contributed by atoms with van der Waals surface area (Å²) in [5, 5.41) is 0.434. The van der Waals surface area contributed by atoms with Crippen molar-refractivity contribution in [3.8, 4) is 11.5 Å². The summed E-state index contributed by atoms with van der Waals surface area (Å²) in [7, 11) is 0. The molecule has 2 aromatic rings. The molecule has 2 nitrogen and oxygen atoms in total. The number of rotatable bonds is 4.